The van der Waals surface area contributed by atoms with E-state index in [9.17, 15) is 13.2 Å². The first-order chi connectivity index (χ1) is 11.5. The van der Waals surface area contributed by atoms with Gasteiger partial charge in [-0.25, -0.2) is 14.5 Å². The van der Waals surface area contributed by atoms with Gasteiger partial charge in [-0.05, 0) is 31.0 Å². The van der Waals surface area contributed by atoms with Crippen molar-refractivity contribution in [2.45, 2.75) is 24.9 Å². The number of aromatic nitrogens is 4. The van der Waals surface area contributed by atoms with Crippen molar-refractivity contribution in [1.29, 1.82) is 0 Å². The van der Waals surface area contributed by atoms with E-state index in [0.717, 1.165) is 24.2 Å². The summed E-state index contributed by atoms with van der Waals surface area (Å²) in [5.41, 5.74) is 3.24. The average Bonchev–Trinajstić information content (AvgIpc) is 3.32. The number of ether oxygens (including phenoxy) is 1. The molecule has 0 atom stereocenters. The largest absolute Gasteiger partial charge is 0.468 e. The van der Waals surface area contributed by atoms with E-state index >= 15 is 0 Å². The van der Waals surface area contributed by atoms with Gasteiger partial charge in [0.2, 0.25) is 5.88 Å². The summed E-state index contributed by atoms with van der Waals surface area (Å²) in [6.45, 7) is -1.36. The maximum atomic E-state index is 12.1. The second-order valence-corrected chi connectivity index (χ2v) is 5.73. The maximum absolute atomic E-state index is 12.1. The van der Waals surface area contributed by atoms with Crippen LogP contribution in [0.5, 0.6) is 5.88 Å². The molecule has 1 aliphatic carbocycles. The van der Waals surface area contributed by atoms with Crippen molar-refractivity contribution < 1.29 is 17.9 Å². The molecule has 0 saturated heterocycles. The summed E-state index contributed by atoms with van der Waals surface area (Å²) in [6.07, 6.45) is 1.20. The summed E-state index contributed by atoms with van der Waals surface area (Å²) in [5.74, 6) is 0.442. The molecule has 0 aliphatic heterocycles. The molecule has 0 bridgehead atoms. The zero-order valence-corrected chi connectivity index (χ0v) is 12.5. The Balaban J connectivity index is 1.59. The monoisotopic (exact) mass is 334 g/mol. The first kappa shape index (κ1) is 14.9. The van der Waals surface area contributed by atoms with Gasteiger partial charge in [-0.1, -0.05) is 0 Å². The normalized spacial score (nSPS) is 15.0. The highest BCUT2D eigenvalue weighted by Gasteiger charge is 2.29. The molecule has 1 aliphatic rings. The minimum Gasteiger partial charge on any atom is -0.468 e. The third kappa shape index (κ3) is 3.04. The SMILES string of the molecule is FC(F)(F)COc1ccc(-c2ccc3ncc(C4CC4)n3n2)cn1. The van der Waals surface area contributed by atoms with Crippen LogP contribution in [0.15, 0.2) is 36.7 Å². The molecule has 24 heavy (non-hydrogen) atoms. The van der Waals surface area contributed by atoms with Crippen molar-refractivity contribution in [2.24, 2.45) is 0 Å². The highest BCUT2D eigenvalue weighted by Crippen LogP contribution is 2.40. The van der Waals surface area contributed by atoms with Crippen molar-refractivity contribution in [3.8, 4) is 17.1 Å². The van der Waals surface area contributed by atoms with Gasteiger partial charge < -0.3 is 4.74 Å². The van der Waals surface area contributed by atoms with Crippen LogP contribution in [0.1, 0.15) is 24.5 Å². The van der Waals surface area contributed by atoms with Crippen LogP contribution < -0.4 is 4.74 Å². The van der Waals surface area contributed by atoms with Crippen molar-refractivity contribution in [1.82, 2.24) is 19.6 Å². The Morgan fingerprint density at radius 3 is 2.58 bits per heavy atom. The van der Waals surface area contributed by atoms with Gasteiger partial charge in [0.25, 0.3) is 0 Å². The molecule has 0 unspecified atom stereocenters. The molecule has 3 heterocycles. The van der Waals surface area contributed by atoms with Crippen molar-refractivity contribution in [3.05, 3.63) is 42.4 Å². The zero-order valence-electron chi connectivity index (χ0n) is 12.5. The van der Waals surface area contributed by atoms with Gasteiger partial charge in [-0.3, -0.25) is 0 Å². The average molecular weight is 334 g/mol. The van der Waals surface area contributed by atoms with Crippen LogP contribution in [0, 0.1) is 0 Å². The molecule has 5 nitrogen and oxygen atoms in total. The Morgan fingerprint density at radius 2 is 1.92 bits per heavy atom. The molecule has 0 spiro atoms. The third-order valence-corrected chi connectivity index (χ3v) is 3.80. The molecule has 1 saturated carbocycles. The Bertz CT molecular complexity index is 869. The first-order valence-corrected chi connectivity index (χ1v) is 7.50. The molecular formula is C16H13F3N4O. The van der Waals surface area contributed by atoms with E-state index in [1.54, 1.807) is 6.07 Å². The summed E-state index contributed by atoms with van der Waals surface area (Å²) in [7, 11) is 0. The predicted molar refractivity (Wildman–Crippen MR) is 79.7 cm³/mol. The number of hydrogen-bond acceptors (Lipinski definition) is 4. The van der Waals surface area contributed by atoms with Crippen LogP contribution in [0.2, 0.25) is 0 Å². The Morgan fingerprint density at radius 1 is 1.08 bits per heavy atom. The molecule has 0 amide bonds. The minimum atomic E-state index is -4.38. The molecule has 124 valence electrons. The van der Waals surface area contributed by atoms with Gasteiger partial charge in [0, 0.05) is 23.7 Å². The molecule has 4 rings (SSSR count). The van der Waals surface area contributed by atoms with Gasteiger partial charge in [0.15, 0.2) is 12.3 Å². The van der Waals surface area contributed by atoms with Gasteiger partial charge in [-0.15, -0.1) is 0 Å². The van der Waals surface area contributed by atoms with Crippen LogP contribution in [-0.4, -0.2) is 32.4 Å². The summed E-state index contributed by atoms with van der Waals surface area (Å²) in [4.78, 5) is 8.24. The minimum absolute atomic E-state index is 0.0709. The summed E-state index contributed by atoms with van der Waals surface area (Å²) in [6, 6.07) is 6.72. The van der Waals surface area contributed by atoms with E-state index in [-0.39, 0.29) is 5.88 Å². The molecule has 1 fully saturated rings. The predicted octanol–water partition coefficient (Wildman–Crippen LogP) is 3.61. The number of pyridine rings is 1. The Kier molecular flexibility index (Phi) is 3.40. The fraction of sp³-hybridized carbons (Fsp3) is 0.312. The lowest BCUT2D eigenvalue weighted by atomic mass is 10.2. The number of fused-ring (bicyclic) bond motifs is 1. The van der Waals surface area contributed by atoms with Crippen LogP contribution >= 0.6 is 0 Å². The second-order valence-electron chi connectivity index (χ2n) is 5.73. The highest BCUT2D eigenvalue weighted by atomic mass is 19.4. The smallest absolute Gasteiger partial charge is 0.422 e. The third-order valence-electron chi connectivity index (χ3n) is 3.80. The number of nitrogens with zero attached hydrogens (tertiary/aromatic N) is 4. The van der Waals surface area contributed by atoms with Gasteiger partial charge >= 0.3 is 6.18 Å². The molecule has 3 aromatic rings. The van der Waals surface area contributed by atoms with Crippen LogP contribution in [0.25, 0.3) is 16.9 Å². The van der Waals surface area contributed by atoms with Crippen LogP contribution in [-0.2, 0) is 0 Å². The molecule has 3 aromatic heterocycles. The fourth-order valence-electron chi connectivity index (χ4n) is 2.48. The highest BCUT2D eigenvalue weighted by molar-refractivity contribution is 5.59. The van der Waals surface area contributed by atoms with Crippen LogP contribution in [0.3, 0.4) is 0 Å². The molecule has 0 radical (unpaired) electrons. The van der Waals surface area contributed by atoms with Crippen molar-refractivity contribution >= 4 is 5.65 Å². The molecule has 8 heteroatoms. The van der Waals surface area contributed by atoms with E-state index in [2.05, 4.69) is 19.8 Å². The molecule has 0 N–H and O–H groups in total. The topological polar surface area (TPSA) is 52.3 Å². The second kappa shape index (κ2) is 5.47. The van der Waals surface area contributed by atoms with Gasteiger partial charge in [-0.2, -0.15) is 18.3 Å². The molecule has 0 aromatic carbocycles. The van der Waals surface area contributed by atoms with E-state index in [1.807, 2.05) is 22.8 Å². The maximum Gasteiger partial charge on any atom is 0.422 e. The first-order valence-electron chi connectivity index (χ1n) is 7.50. The lowest BCUT2D eigenvalue weighted by Gasteiger charge is -2.08. The van der Waals surface area contributed by atoms with E-state index in [4.69, 9.17) is 0 Å². The molecular weight excluding hydrogens is 321 g/mol. The van der Waals surface area contributed by atoms with E-state index in [0.29, 0.717) is 17.2 Å². The van der Waals surface area contributed by atoms with Crippen LogP contribution in [0.4, 0.5) is 13.2 Å². The van der Waals surface area contributed by atoms with Crippen molar-refractivity contribution in [2.75, 3.05) is 6.61 Å². The van der Waals surface area contributed by atoms with E-state index < -0.39 is 12.8 Å². The summed E-state index contributed by atoms with van der Waals surface area (Å²) < 4.78 is 42.8. The Hall–Kier alpha value is -2.64. The lowest BCUT2D eigenvalue weighted by molar-refractivity contribution is -0.154. The quantitative estimate of drug-likeness (QED) is 0.731. The number of rotatable bonds is 4. The number of halogens is 3. The number of alkyl halides is 3. The number of imidazole rings is 1. The number of hydrogen-bond donors (Lipinski definition) is 0. The van der Waals surface area contributed by atoms with Gasteiger partial charge in [0.1, 0.15) is 0 Å². The summed E-state index contributed by atoms with van der Waals surface area (Å²) >= 11 is 0. The Labute approximate surface area is 135 Å². The van der Waals surface area contributed by atoms with Crippen molar-refractivity contribution in [3.63, 3.8) is 0 Å². The lowest BCUT2D eigenvalue weighted by Crippen LogP contribution is -2.19. The standard InChI is InChI=1S/C16H13F3N4O/c17-16(18,19)9-24-15-6-3-11(7-21-15)12-4-5-14-20-8-13(10-1-2-10)23(14)22-12/h3-8,10H,1-2,9H2. The zero-order chi connectivity index (χ0) is 16.7. The van der Waals surface area contributed by atoms with Gasteiger partial charge in [0.05, 0.1) is 17.6 Å². The fourth-order valence-corrected chi connectivity index (χ4v) is 2.48. The summed E-state index contributed by atoms with van der Waals surface area (Å²) in [5, 5.41) is 4.57. The van der Waals surface area contributed by atoms with E-state index in [1.165, 1.54) is 12.3 Å².